The van der Waals surface area contributed by atoms with E-state index in [9.17, 15) is 0 Å². The highest BCUT2D eigenvalue weighted by molar-refractivity contribution is 7.99. The van der Waals surface area contributed by atoms with E-state index in [1.54, 1.807) is 11.8 Å². The molecule has 3 heterocycles. The molecule has 5 heteroatoms. The van der Waals surface area contributed by atoms with Crippen molar-refractivity contribution in [3.8, 4) is 16.9 Å². The van der Waals surface area contributed by atoms with Gasteiger partial charge in [0.25, 0.3) is 0 Å². The number of hydrogen-bond acceptors (Lipinski definition) is 4. The Labute approximate surface area is 260 Å². The predicted octanol–water partition coefficient (Wildman–Crippen LogP) is 9.85. The molecule has 0 spiro atoms. The fourth-order valence-corrected chi connectivity index (χ4v) is 7.06. The van der Waals surface area contributed by atoms with Gasteiger partial charge >= 0.3 is 0 Å². The number of anilines is 3. The minimum atomic E-state index is -2.22. The van der Waals surface area contributed by atoms with Gasteiger partial charge in [0.1, 0.15) is 5.82 Å². The third-order valence-electron chi connectivity index (χ3n) is 8.19. The van der Waals surface area contributed by atoms with Crippen molar-refractivity contribution in [1.82, 2.24) is 9.55 Å². The monoisotopic (exact) mass is 577 g/mol. The first-order valence-electron chi connectivity index (χ1n) is 15.8. The van der Waals surface area contributed by atoms with Gasteiger partial charge in [-0.15, -0.1) is 0 Å². The Balaban J connectivity index is 1.18. The van der Waals surface area contributed by atoms with Crippen LogP contribution in [0.4, 0.5) is 17.1 Å². The van der Waals surface area contributed by atoms with Crippen molar-refractivity contribution in [2.24, 2.45) is 0 Å². The Morgan fingerprint density at radius 1 is 0.698 bits per heavy atom. The lowest BCUT2D eigenvalue weighted by Gasteiger charge is -2.20. The van der Waals surface area contributed by atoms with Gasteiger partial charge < -0.3 is 9.80 Å². The van der Waals surface area contributed by atoms with Crippen LogP contribution in [-0.2, 0) is 0 Å². The van der Waals surface area contributed by atoms with E-state index in [1.165, 1.54) is 26.8 Å². The van der Waals surface area contributed by atoms with E-state index in [-0.39, 0.29) is 6.67 Å². The van der Waals surface area contributed by atoms with E-state index >= 15 is 0 Å². The Hall–Kier alpha value is -5.00. The molecule has 2 aromatic heterocycles. The third kappa shape index (κ3) is 4.44. The van der Waals surface area contributed by atoms with Gasteiger partial charge in [0, 0.05) is 43.5 Å². The van der Waals surface area contributed by atoms with Gasteiger partial charge in [-0.05, 0) is 84.3 Å². The van der Waals surface area contributed by atoms with Gasteiger partial charge in [-0.3, -0.25) is 4.57 Å². The summed E-state index contributed by atoms with van der Waals surface area (Å²) in [6, 6.07) is 43.8. The van der Waals surface area contributed by atoms with Crippen LogP contribution in [0.15, 0.2) is 143 Å². The molecule has 208 valence electrons. The highest BCUT2D eigenvalue weighted by atomic mass is 32.2. The molecule has 43 heavy (non-hydrogen) atoms. The van der Waals surface area contributed by atoms with Crippen molar-refractivity contribution in [2.45, 2.75) is 16.7 Å². The molecule has 0 radical (unpaired) electrons. The van der Waals surface area contributed by atoms with E-state index in [0.29, 0.717) is 0 Å². The van der Waals surface area contributed by atoms with Gasteiger partial charge in [-0.25, -0.2) is 4.98 Å². The number of aromatic nitrogens is 2. The van der Waals surface area contributed by atoms with Gasteiger partial charge in [0.2, 0.25) is 0 Å². The molecule has 0 aliphatic carbocycles. The van der Waals surface area contributed by atoms with Crippen molar-refractivity contribution >= 4 is 50.6 Å². The van der Waals surface area contributed by atoms with Crippen LogP contribution >= 0.6 is 11.8 Å². The molecule has 0 saturated carbocycles. The minimum absolute atomic E-state index is 0.268. The summed E-state index contributed by atoms with van der Waals surface area (Å²) in [5.74, 6) is 0.877. The molecule has 0 saturated heterocycles. The SMILES string of the molecule is [2H]C([2H])([2H])N1CN(c2cccc(Sc3ccc4c5ccccc5n(-c5cc(-c6ccccc6C)ccn5)c4c3)c2)c2ccccc21. The Morgan fingerprint density at radius 2 is 1.49 bits per heavy atom. The largest absolute Gasteiger partial charge is 0.355 e. The van der Waals surface area contributed by atoms with E-state index in [2.05, 4.69) is 107 Å². The van der Waals surface area contributed by atoms with Crippen LogP contribution < -0.4 is 9.80 Å². The minimum Gasteiger partial charge on any atom is -0.355 e. The van der Waals surface area contributed by atoms with Crippen molar-refractivity contribution < 1.29 is 4.11 Å². The smallest absolute Gasteiger partial charge is 0.138 e. The number of para-hydroxylation sites is 3. The van der Waals surface area contributed by atoms with E-state index in [0.717, 1.165) is 49.3 Å². The maximum atomic E-state index is 8.08. The van der Waals surface area contributed by atoms with Crippen LogP contribution in [0.5, 0.6) is 0 Å². The molecule has 1 aliphatic rings. The lowest BCUT2D eigenvalue weighted by molar-refractivity contribution is 0.948. The molecule has 0 atom stereocenters. The molecule has 4 nitrogen and oxygen atoms in total. The zero-order valence-electron chi connectivity index (χ0n) is 26.6. The maximum absolute atomic E-state index is 8.08. The maximum Gasteiger partial charge on any atom is 0.138 e. The number of fused-ring (bicyclic) bond motifs is 4. The Kier molecular flexibility index (Phi) is 5.45. The second kappa shape index (κ2) is 10.4. The highest BCUT2D eigenvalue weighted by Crippen LogP contribution is 2.42. The number of nitrogens with zero attached hydrogens (tertiary/aromatic N) is 4. The number of benzene rings is 5. The topological polar surface area (TPSA) is 24.3 Å². The van der Waals surface area contributed by atoms with Gasteiger partial charge in [-0.2, -0.15) is 0 Å². The van der Waals surface area contributed by atoms with Crippen LogP contribution in [0, 0.1) is 6.92 Å². The molecule has 0 bridgehead atoms. The van der Waals surface area contributed by atoms with E-state index < -0.39 is 6.98 Å². The normalized spacial score (nSPS) is 14.1. The summed E-state index contributed by atoms with van der Waals surface area (Å²) in [6.45, 7) is 0.185. The zero-order chi connectivity index (χ0) is 31.4. The van der Waals surface area contributed by atoms with Crippen LogP contribution in [0.1, 0.15) is 9.68 Å². The van der Waals surface area contributed by atoms with E-state index in [4.69, 9.17) is 9.10 Å². The average Bonchev–Trinajstić information content (AvgIpc) is 3.62. The summed E-state index contributed by atoms with van der Waals surface area (Å²) in [5, 5.41) is 2.36. The first kappa shape index (κ1) is 22.6. The number of aryl methyl sites for hydroxylation is 1. The first-order valence-corrected chi connectivity index (χ1v) is 15.1. The number of rotatable bonds is 5. The lowest BCUT2D eigenvalue weighted by Crippen LogP contribution is -2.23. The highest BCUT2D eigenvalue weighted by Gasteiger charge is 2.24. The van der Waals surface area contributed by atoms with Crippen molar-refractivity contribution in [3.63, 3.8) is 0 Å². The summed E-state index contributed by atoms with van der Waals surface area (Å²) < 4.78 is 26.5. The zero-order valence-corrected chi connectivity index (χ0v) is 24.4. The van der Waals surface area contributed by atoms with Gasteiger partial charge in [0.05, 0.1) is 29.1 Å². The fraction of sp³-hybridized carbons (Fsp3) is 0.0789. The number of hydrogen-bond donors (Lipinski definition) is 0. The molecule has 0 unspecified atom stereocenters. The molecule has 7 aromatic rings. The van der Waals surface area contributed by atoms with Crippen LogP contribution in [-0.4, -0.2) is 23.2 Å². The average molecular weight is 578 g/mol. The summed E-state index contributed by atoms with van der Waals surface area (Å²) in [7, 11) is 0. The molecule has 1 aliphatic heterocycles. The molecular weight excluding hydrogens is 545 g/mol. The Bertz CT molecular complexity index is 2260. The third-order valence-corrected chi connectivity index (χ3v) is 9.17. The van der Waals surface area contributed by atoms with Gasteiger partial charge in [0.15, 0.2) is 0 Å². The standard InChI is InChI=1S/C38H30N4S/c1-26-10-3-4-13-31(26)27-20-21-39-38(22-27)42-34-15-6-5-14-32(34)33-19-18-30(24-37(33)42)43-29-12-9-11-28(23-29)41-25-40(2)35-16-7-8-17-36(35)41/h3-24H,25H2,1-2H3/i2D3. The molecular formula is C38H30N4S. The van der Waals surface area contributed by atoms with Crippen molar-refractivity contribution in [3.05, 3.63) is 139 Å². The molecule has 0 fully saturated rings. The summed E-state index contributed by atoms with van der Waals surface area (Å²) >= 11 is 1.69. The predicted molar refractivity (Wildman–Crippen MR) is 181 cm³/mol. The molecule has 0 amide bonds. The summed E-state index contributed by atoms with van der Waals surface area (Å²) in [5.41, 5.74) is 8.35. The summed E-state index contributed by atoms with van der Waals surface area (Å²) in [6.07, 6.45) is 1.89. The lowest BCUT2D eigenvalue weighted by atomic mass is 10.0. The van der Waals surface area contributed by atoms with Crippen LogP contribution in [0.25, 0.3) is 38.8 Å². The quantitative estimate of drug-likeness (QED) is 0.203. The Morgan fingerprint density at radius 3 is 2.40 bits per heavy atom. The molecule has 5 aromatic carbocycles. The first-order chi connectivity index (χ1) is 22.3. The fourth-order valence-electron chi connectivity index (χ4n) is 6.15. The second-order valence-corrected chi connectivity index (χ2v) is 12.0. The number of pyridine rings is 1. The van der Waals surface area contributed by atoms with Crippen LogP contribution in [0.2, 0.25) is 0 Å². The molecule has 0 N–H and O–H groups in total. The van der Waals surface area contributed by atoms with Crippen molar-refractivity contribution in [2.75, 3.05) is 23.4 Å². The van der Waals surface area contributed by atoms with Crippen molar-refractivity contribution in [1.29, 1.82) is 0 Å². The summed E-state index contributed by atoms with van der Waals surface area (Å²) in [4.78, 5) is 10.6. The molecule has 8 rings (SSSR count). The second-order valence-electron chi connectivity index (χ2n) is 10.8. The van der Waals surface area contributed by atoms with Gasteiger partial charge in [-0.1, -0.05) is 78.5 Å². The van der Waals surface area contributed by atoms with Crippen LogP contribution in [0.3, 0.4) is 0 Å². The van der Waals surface area contributed by atoms with E-state index in [1.807, 2.05) is 42.6 Å².